The molecule has 0 unspecified atom stereocenters. The number of hydrogen-bond acceptors (Lipinski definition) is 2. The van der Waals surface area contributed by atoms with Gasteiger partial charge in [-0.25, -0.2) is 4.79 Å². The highest BCUT2D eigenvalue weighted by atomic mass is 16.2. The van der Waals surface area contributed by atoms with Crippen LogP contribution >= 0.6 is 0 Å². The van der Waals surface area contributed by atoms with Crippen LogP contribution in [0.4, 0.5) is 4.79 Å². The van der Waals surface area contributed by atoms with Crippen molar-refractivity contribution >= 4 is 11.9 Å². The Morgan fingerprint density at radius 2 is 1.79 bits per heavy atom. The summed E-state index contributed by atoms with van der Waals surface area (Å²) in [6, 6.07) is 10.6. The average molecular weight is 329 g/mol. The molecule has 3 rings (SSSR count). The molecule has 1 aromatic rings. The molecule has 1 aromatic carbocycles. The molecule has 3 N–H and O–H groups in total. The maximum Gasteiger partial charge on any atom is 0.317 e. The van der Waals surface area contributed by atoms with Crippen LogP contribution in [-0.2, 0) is 11.2 Å². The summed E-state index contributed by atoms with van der Waals surface area (Å²) in [6.45, 7) is 1.43. The summed E-state index contributed by atoms with van der Waals surface area (Å²) in [7, 11) is 0. The van der Waals surface area contributed by atoms with E-state index in [0.29, 0.717) is 31.3 Å². The highest BCUT2D eigenvalue weighted by Crippen LogP contribution is 2.34. The first-order valence-corrected chi connectivity index (χ1v) is 8.99. The summed E-state index contributed by atoms with van der Waals surface area (Å²) in [5.74, 6) is 0.700. The number of nitrogens with zero attached hydrogens (tertiary/aromatic N) is 1. The zero-order valence-corrected chi connectivity index (χ0v) is 14.1. The number of rotatable bonds is 6. The van der Waals surface area contributed by atoms with Crippen molar-refractivity contribution in [2.45, 2.75) is 44.6 Å². The van der Waals surface area contributed by atoms with Crippen LogP contribution in [0.25, 0.3) is 0 Å². The predicted octanol–water partition coefficient (Wildman–Crippen LogP) is 2.30. The van der Waals surface area contributed by atoms with Gasteiger partial charge in [-0.2, -0.15) is 0 Å². The lowest BCUT2D eigenvalue weighted by Crippen LogP contribution is -2.49. The SMILES string of the molecule is NC(=O)CC1CCN(C(=O)N[C@H](Cc2ccccc2)C2CC2)CC1. The van der Waals surface area contributed by atoms with Crippen molar-refractivity contribution in [3.8, 4) is 0 Å². The van der Waals surface area contributed by atoms with Crippen molar-refractivity contribution < 1.29 is 9.59 Å². The number of benzene rings is 1. The molecule has 1 heterocycles. The Balaban J connectivity index is 1.50. The van der Waals surface area contributed by atoms with Crippen LogP contribution in [0, 0.1) is 11.8 Å². The van der Waals surface area contributed by atoms with Gasteiger partial charge in [-0.1, -0.05) is 30.3 Å². The van der Waals surface area contributed by atoms with Crippen molar-refractivity contribution in [1.29, 1.82) is 0 Å². The van der Waals surface area contributed by atoms with E-state index in [-0.39, 0.29) is 18.0 Å². The normalized spacial score (nSPS) is 19.8. The monoisotopic (exact) mass is 329 g/mol. The van der Waals surface area contributed by atoms with E-state index in [4.69, 9.17) is 5.73 Å². The van der Waals surface area contributed by atoms with Gasteiger partial charge in [0.25, 0.3) is 0 Å². The smallest absolute Gasteiger partial charge is 0.317 e. The van der Waals surface area contributed by atoms with E-state index in [1.165, 1.54) is 18.4 Å². The van der Waals surface area contributed by atoms with Crippen molar-refractivity contribution in [3.63, 3.8) is 0 Å². The molecule has 0 radical (unpaired) electrons. The highest BCUT2D eigenvalue weighted by molar-refractivity contribution is 5.75. The fraction of sp³-hybridized carbons (Fsp3) is 0.579. The molecular formula is C19H27N3O2. The number of carbonyl (C=O) groups is 2. The lowest BCUT2D eigenvalue weighted by Gasteiger charge is -2.33. The first-order valence-electron chi connectivity index (χ1n) is 8.99. The van der Waals surface area contributed by atoms with Gasteiger partial charge in [0.15, 0.2) is 0 Å². The first kappa shape index (κ1) is 16.8. The summed E-state index contributed by atoms with van der Waals surface area (Å²) in [6.07, 6.45) is 5.48. The minimum atomic E-state index is -0.241. The molecule has 1 saturated carbocycles. The van der Waals surface area contributed by atoms with Crippen LogP contribution in [0.5, 0.6) is 0 Å². The Labute approximate surface area is 143 Å². The van der Waals surface area contributed by atoms with Crippen molar-refractivity contribution in [1.82, 2.24) is 10.2 Å². The van der Waals surface area contributed by atoms with E-state index in [9.17, 15) is 9.59 Å². The van der Waals surface area contributed by atoms with E-state index < -0.39 is 0 Å². The molecule has 1 aliphatic heterocycles. The van der Waals surface area contributed by atoms with Gasteiger partial charge in [-0.15, -0.1) is 0 Å². The molecular weight excluding hydrogens is 302 g/mol. The molecule has 0 aromatic heterocycles. The van der Waals surface area contributed by atoms with Crippen LogP contribution in [0.2, 0.25) is 0 Å². The fourth-order valence-electron chi connectivity index (χ4n) is 3.58. The standard InChI is InChI=1S/C19H27N3O2/c20-18(23)13-15-8-10-22(11-9-15)19(24)21-17(16-6-7-16)12-14-4-2-1-3-5-14/h1-5,15-17H,6-13H2,(H2,20,23)(H,21,24)/t17-/m1/s1. The second-order valence-corrected chi connectivity index (χ2v) is 7.18. The van der Waals surface area contributed by atoms with Gasteiger partial charge >= 0.3 is 6.03 Å². The van der Waals surface area contributed by atoms with Crippen LogP contribution in [0.1, 0.15) is 37.7 Å². The second-order valence-electron chi connectivity index (χ2n) is 7.18. The average Bonchev–Trinajstić information content (AvgIpc) is 3.40. The van der Waals surface area contributed by atoms with Gasteiger partial charge in [0.05, 0.1) is 0 Å². The van der Waals surface area contributed by atoms with Gasteiger partial charge in [0, 0.05) is 25.6 Å². The molecule has 24 heavy (non-hydrogen) atoms. The summed E-state index contributed by atoms with van der Waals surface area (Å²) < 4.78 is 0. The number of piperidine rings is 1. The Bertz CT molecular complexity index is 563. The van der Waals surface area contributed by atoms with E-state index in [2.05, 4.69) is 17.4 Å². The third-order valence-electron chi connectivity index (χ3n) is 5.19. The zero-order valence-electron chi connectivity index (χ0n) is 14.1. The Morgan fingerprint density at radius 3 is 2.38 bits per heavy atom. The molecule has 0 spiro atoms. The molecule has 0 bridgehead atoms. The zero-order chi connectivity index (χ0) is 16.9. The number of amides is 3. The minimum absolute atomic E-state index is 0.0420. The van der Waals surface area contributed by atoms with Gasteiger partial charge in [0.2, 0.25) is 5.91 Å². The van der Waals surface area contributed by atoms with E-state index >= 15 is 0 Å². The summed E-state index contributed by atoms with van der Waals surface area (Å²) in [5, 5.41) is 3.25. The van der Waals surface area contributed by atoms with Gasteiger partial charge < -0.3 is 16.0 Å². The quantitative estimate of drug-likeness (QED) is 0.840. The minimum Gasteiger partial charge on any atom is -0.370 e. The Morgan fingerprint density at radius 1 is 1.12 bits per heavy atom. The summed E-state index contributed by atoms with van der Waals surface area (Å²) in [5.41, 5.74) is 6.54. The third-order valence-corrected chi connectivity index (χ3v) is 5.19. The van der Waals surface area contributed by atoms with E-state index in [1.807, 2.05) is 23.1 Å². The lowest BCUT2D eigenvalue weighted by atomic mass is 9.93. The summed E-state index contributed by atoms with van der Waals surface area (Å²) in [4.78, 5) is 25.5. The highest BCUT2D eigenvalue weighted by Gasteiger charge is 2.34. The topological polar surface area (TPSA) is 75.4 Å². The maximum atomic E-state index is 12.6. The molecule has 1 atom stereocenters. The van der Waals surface area contributed by atoms with Gasteiger partial charge in [-0.3, -0.25) is 4.79 Å². The van der Waals surface area contributed by atoms with Crippen molar-refractivity contribution in [2.75, 3.05) is 13.1 Å². The molecule has 130 valence electrons. The van der Waals surface area contributed by atoms with Crippen LogP contribution < -0.4 is 11.1 Å². The number of likely N-dealkylation sites (tertiary alicyclic amines) is 1. The first-order chi connectivity index (χ1) is 11.6. The van der Waals surface area contributed by atoms with Crippen LogP contribution in [-0.4, -0.2) is 36.0 Å². The Hall–Kier alpha value is -2.04. The molecule has 3 amide bonds. The Kier molecular flexibility index (Phi) is 5.38. The lowest BCUT2D eigenvalue weighted by molar-refractivity contribution is -0.119. The molecule has 2 aliphatic rings. The number of hydrogen-bond donors (Lipinski definition) is 2. The van der Waals surface area contributed by atoms with Gasteiger partial charge in [0.1, 0.15) is 0 Å². The van der Waals surface area contributed by atoms with Gasteiger partial charge in [-0.05, 0) is 49.5 Å². The summed E-state index contributed by atoms with van der Waals surface area (Å²) >= 11 is 0. The van der Waals surface area contributed by atoms with E-state index in [1.54, 1.807) is 0 Å². The fourth-order valence-corrected chi connectivity index (χ4v) is 3.58. The van der Waals surface area contributed by atoms with Crippen LogP contribution in [0.15, 0.2) is 30.3 Å². The second kappa shape index (κ2) is 7.69. The maximum absolute atomic E-state index is 12.6. The predicted molar refractivity (Wildman–Crippen MR) is 93.3 cm³/mol. The number of primary amides is 1. The number of nitrogens with two attached hydrogens (primary N) is 1. The molecule has 5 nitrogen and oxygen atoms in total. The number of carbonyl (C=O) groups excluding carboxylic acids is 2. The number of nitrogens with one attached hydrogen (secondary N) is 1. The number of urea groups is 1. The third kappa shape index (κ3) is 4.73. The van der Waals surface area contributed by atoms with Crippen molar-refractivity contribution in [3.05, 3.63) is 35.9 Å². The van der Waals surface area contributed by atoms with Crippen LogP contribution in [0.3, 0.4) is 0 Å². The molecule has 5 heteroatoms. The van der Waals surface area contributed by atoms with E-state index in [0.717, 1.165) is 19.3 Å². The molecule has 1 saturated heterocycles. The molecule has 2 fully saturated rings. The van der Waals surface area contributed by atoms with Crippen molar-refractivity contribution in [2.24, 2.45) is 17.6 Å². The largest absolute Gasteiger partial charge is 0.370 e. The molecule has 1 aliphatic carbocycles.